The van der Waals surface area contributed by atoms with Gasteiger partial charge in [0.15, 0.2) is 5.82 Å². The van der Waals surface area contributed by atoms with Crippen LogP contribution in [0.5, 0.6) is 0 Å². The molecule has 88 valence electrons. The molecule has 6 heteroatoms. The third kappa shape index (κ3) is 1.82. The first-order valence-electron chi connectivity index (χ1n) is 5.63. The van der Waals surface area contributed by atoms with Gasteiger partial charge in [-0.05, 0) is 5.92 Å². The van der Waals surface area contributed by atoms with E-state index in [1.54, 1.807) is 0 Å². The fourth-order valence-electron chi connectivity index (χ4n) is 1.52. The summed E-state index contributed by atoms with van der Waals surface area (Å²) >= 11 is 1.54. The van der Waals surface area contributed by atoms with E-state index in [4.69, 9.17) is 5.73 Å². The van der Waals surface area contributed by atoms with Gasteiger partial charge in [-0.1, -0.05) is 38.5 Å². The van der Waals surface area contributed by atoms with Crippen LogP contribution in [-0.2, 0) is 6.42 Å². The van der Waals surface area contributed by atoms with Crippen molar-refractivity contribution < 1.29 is 0 Å². The molecule has 5 nitrogen and oxygen atoms in total. The number of rotatable bonds is 4. The topological polar surface area (TPSA) is 69.1 Å². The highest BCUT2D eigenvalue weighted by Crippen LogP contribution is 2.25. The minimum Gasteiger partial charge on any atom is -0.322 e. The predicted octanol–water partition coefficient (Wildman–Crippen LogP) is 1.79. The third-order valence-corrected chi connectivity index (χ3v) is 3.93. The molecule has 2 rings (SSSR count). The molecule has 2 aromatic rings. The second-order valence-corrected chi connectivity index (χ2v) is 5.00. The molecule has 0 amide bonds. The molecule has 2 unspecified atom stereocenters. The van der Waals surface area contributed by atoms with Crippen LogP contribution in [-0.4, -0.2) is 19.8 Å². The summed E-state index contributed by atoms with van der Waals surface area (Å²) in [6.07, 6.45) is 1.89. The van der Waals surface area contributed by atoms with Gasteiger partial charge in [-0.2, -0.15) is 9.61 Å². The molecule has 0 saturated carbocycles. The summed E-state index contributed by atoms with van der Waals surface area (Å²) in [5, 5.41) is 13.6. The molecule has 2 N–H and O–H groups in total. The van der Waals surface area contributed by atoms with Crippen LogP contribution in [0.2, 0.25) is 0 Å². The van der Waals surface area contributed by atoms with Crippen LogP contribution in [0.4, 0.5) is 0 Å². The molecule has 0 aromatic carbocycles. The van der Waals surface area contributed by atoms with Gasteiger partial charge < -0.3 is 5.73 Å². The van der Waals surface area contributed by atoms with Gasteiger partial charge in [0, 0.05) is 6.42 Å². The van der Waals surface area contributed by atoms with Crippen molar-refractivity contribution in [1.29, 1.82) is 0 Å². The highest BCUT2D eigenvalue weighted by atomic mass is 32.1. The second-order valence-electron chi connectivity index (χ2n) is 4.02. The zero-order valence-corrected chi connectivity index (χ0v) is 10.7. The van der Waals surface area contributed by atoms with Crippen LogP contribution >= 0.6 is 11.3 Å². The van der Waals surface area contributed by atoms with Crippen molar-refractivity contribution in [2.24, 2.45) is 11.7 Å². The summed E-state index contributed by atoms with van der Waals surface area (Å²) in [5.41, 5.74) is 6.15. The summed E-state index contributed by atoms with van der Waals surface area (Å²) < 4.78 is 1.81. The van der Waals surface area contributed by atoms with Gasteiger partial charge in [0.1, 0.15) is 5.01 Å². The number of fused-ring (bicyclic) bond motifs is 1. The Balaban J connectivity index is 2.35. The molecule has 0 bridgehead atoms. The zero-order valence-electron chi connectivity index (χ0n) is 9.84. The van der Waals surface area contributed by atoms with E-state index in [2.05, 4.69) is 29.1 Å². The lowest BCUT2D eigenvalue weighted by molar-refractivity contribution is 0.451. The molecule has 16 heavy (non-hydrogen) atoms. The Morgan fingerprint density at radius 2 is 2.12 bits per heavy atom. The van der Waals surface area contributed by atoms with Crippen molar-refractivity contribution in [3.8, 4) is 0 Å². The maximum absolute atomic E-state index is 6.15. The molecule has 0 saturated heterocycles. The standard InChI is InChI=1S/C10H17N5S/c1-4-6(3)8(11)9-14-15-7(5-2)12-13-10(15)16-9/h6,8H,4-5,11H2,1-3H3. The fourth-order valence-corrected chi connectivity index (χ4v) is 2.52. The van der Waals surface area contributed by atoms with Gasteiger partial charge in [-0.3, -0.25) is 0 Å². The van der Waals surface area contributed by atoms with E-state index in [1.807, 2.05) is 11.4 Å². The molecule has 0 aliphatic heterocycles. The van der Waals surface area contributed by atoms with Gasteiger partial charge in [0.05, 0.1) is 6.04 Å². The van der Waals surface area contributed by atoms with Crippen molar-refractivity contribution in [3.63, 3.8) is 0 Å². The highest BCUT2D eigenvalue weighted by molar-refractivity contribution is 7.16. The van der Waals surface area contributed by atoms with Crippen LogP contribution in [0.15, 0.2) is 0 Å². The lowest BCUT2D eigenvalue weighted by Crippen LogP contribution is -2.18. The Morgan fingerprint density at radius 3 is 2.75 bits per heavy atom. The fraction of sp³-hybridized carbons (Fsp3) is 0.700. The highest BCUT2D eigenvalue weighted by Gasteiger charge is 2.19. The van der Waals surface area contributed by atoms with Crippen LogP contribution in [0.25, 0.3) is 4.96 Å². The molecule has 0 aliphatic carbocycles. The third-order valence-electron chi connectivity index (χ3n) is 2.93. The lowest BCUT2D eigenvalue weighted by Gasteiger charge is -2.14. The SMILES string of the molecule is CCc1nnc2sc(C(N)C(C)CC)nn12. The number of nitrogens with two attached hydrogens (primary N) is 1. The second kappa shape index (κ2) is 4.47. The monoisotopic (exact) mass is 239 g/mol. The average molecular weight is 239 g/mol. The molecular formula is C10H17N5S. The molecule has 0 spiro atoms. The molecule has 2 heterocycles. The van der Waals surface area contributed by atoms with Crippen molar-refractivity contribution in [3.05, 3.63) is 10.8 Å². The lowest BCUT2D eigenvalue weighted by atomic mass is 10.0. The van der Waals surface area contributed by atoms with Crippen LogP contribution in [0.1, 0.15) is 44.1 Å². The number of nitrogens with zero attached hydrogens (tertiary/aromatic N) is 4. The van der Waals surface area contributed by atoms with Crippen LogP contribution in [0, 0.1) is 5.92 Å². The maximum atomic E-state index is 6.15. The van der Waals surface area contributed by atoms with E-state index >= 15 is 0 Å². The Bertz CT molecular complexity index is 474. The molecule has 0 fully saturated rings. The number of aromatic nitrogens is 4. The Kier molecular flexibility index (Phi) is 3.20. The van der Waals surface area contributed by atoms with E-state index in [0.717, 1.165) is 28.6 Å². The zero-order chi connectivity index (χ0) is 11.7. The summed E-state index contributed by atoms with van der Waals surface area (Å²) in [5.74, 6) is 1.34. The van der Waals surface area contributed by atoms with E-state index in [-0.39, 0.29) is 6.04 Å². The summed E-state index contributed by atoms with van der Waals surface area (Å²) in [7, 11) is 0. The van der Waals surface area contributed by atoms with E-state index in [1.165, 1.54) is 11.3 Å². The van der Waals surface area contributed by atoms with Gasteiger partial charge >= 0.3 is 0 Å². The minimum absolute atomic E-state index is 0.00130. The van der Waals surface area contributed by atoms with Crippen molar-refractivity contribution in [2.75, 3.05) is 0 Å². The van der Waals surface area contributed by atoms with Crippen molar-refractivity contribution in [2.45, 2.75) is 39.7 Å². The maximum Gasteiger partial charge on any atom is 0.234 e. The molecule has 2 atom stereocenters. The number of hydrogen-bond acceptors (Lipinski definition) is 5. The first-order valence-corrected chi connectivity index (χ1v) is 6.45. The Hall–Kier alpha value is -1.01. The Morgan fingerprint density at radius 1 is 1.38 bits per heavy atom. The smallest absolute Gasteiger partial charge is 0.234 e. The normalized spacial score (nSPS) is 15.5. The largest absolute Gasteiger partial charge is 0.322 e. The minimum atomic E-state index is 0.00130. The van der Waals surface area contributed by atoms with Gasteiger partial charge in [-0.15, -0.1) is 10.2 Å². The average Bonchev–Trinajstić information content (AvgIpc) is 2.85. The quantitative estimate of drug-likeness (QED) is 0.883. The van der Waals surface area contributed by atoms with Gasteiger partial charge in [0.2, 0.25) is 4.96 Å². The first-order chi connectivity index (χ1) is 7.67. The summed E-state index contributed by atoms with van der Waals surface area (Å²) in [6, 6.07) is 0.00130. The molecular weight excluding hydrogens is 222 g/mol. The number of aryl methyl sites for hydroxylation is 1. The molecule has 0 aliphatic rings. The number of hydrogen-bond donors (Lipinski definition) is 1. The van der Waals surface area contributed by atoms with Crippen molar-refractivity contribution in [1.82, 2.24) is 19.8 Å². The summed E-state index contributed by atoms with van der Waals surface area (Å²) in [6.45, 7) is 6.33. The van der Waals surface area contributed by atoms with Gasteiger partial charge in [-0.25, -0.2) is 0 Å². The van der Waals surface area contributed by atoms with E-state index < -0.39 is 0 Å². The van der Waals surface area contributed by atoms with Crippen LogP contribution in [0.3, 0.4) is 0 Å². The Labute approximate surface area is 98.7 Å². The predicted molar refractivity (Wildman–Crippen MR) is 64.4 cm³/mol. The first kappa shape index (κ1) is 11.5. The summed E-state index contributed by atoms with van der Waals surface area (Å²) in [4.78, 5) is 0.839. The molecule has 2 aromatic heterocycles. The van der Waals surface area contributed by atoms with Crippen molar-refractivity contribution >= 4 is 16.3 Å². The van der Waals surface area contributed by atoms with E-state index in [9.17, 15) is 0 Å². The van der Waals surface area contributed by atoms with Gasteiger partial charge in [0.25, 0.3) is 0 Å². The van der Waals surface area contributed by atoms with E-state index in [0.29, 0.717) is 5.92 Å². The molecule has 0 radical (unpaired) electrons. The van der Waals surface area contributed by atoms with Crippen LogP contribution < -0.4 is 5.73 Å².